The molecule has 0 atom stereocenters. The lowest BCUT2D eigenvalue weighted by molar-refractivity contribution is 0.248. The van der Waals surface area contributed by atoms with Crippen molar-refractivity contribution < 1.29 is 4.74 Å². The Morgan fingerprint density at radius 2 is 1.95 bits per heavy atom. The first kappa shape index (κ1) is 15.2. The Morgan fingerprint density at radius 3 is 2.68 bits per heavy atom. The highest BCUT2D eigenvalue weighted by atomic mass is 79.9. The molecule has 0 saturated carbocycles. The van der Waals surface area contributed by atoms with Crippen LogP contribution in [0.5, 0.6) is 5.88 Å². The lowest BCUT2D eigenvalue weighted by Gasteiger charge is -2.35. The number of hydrogen-bond acceptors (Lipinski definition) is 5. The number of halogens is 1. The van der Waals surface area contributed by atoms with E-state index in [1.807, 2.05) is 30.5 Å². The van der Waals surface area contributed by atoms with Crippen LogP contribution < -0.4 is 9.64 Å². The molecular weight excluding hydrogens is 344 g/mol. The number of methoxy groups -OCH3 is 1. The number of rotatable bonds is 4. The zero-order chi connectivity index (χ0) is 15.4. The van der Waals surface area contributed by atoms with Crippen molar-refractivity contribution in [3.8, 4) is 5.88 Å². The lowest BCUT2D eigenvalue weighted by atomic mass is 10.2. The minimum atomic E-state index is 0.675. The molecule has 0 N–H and O–H groups in total. The quantitative estimate of drug-likeness (QED) is 0.835. The van der Waals surface area contributed by atoms with E-state index in [9.17, 15) is 0 Å². The number of pyridine rings is 2. The van der Waals surface area contributed by atoms with E-state index < -0.39 is 0 Å². The smallest absolute Gasteiger partial charge is 0.213 e. The molecule has 22 heavy (non-hydrogen) atoms. The number of aromatic nitrogens is 2. The summed E-state index contributed by atoms with van der Waals surface area (Å²) in [6.07, 6.45) is 3.64. The second-order valence-electron chi connectivity index (χ2n) is 5.28. The zero-order valence-electron chi connectivity index (χ0n) is 12.6. The fourth-order valence-corrected chi connectivity index (χ4v) is 3.15. The summed E-state index contributed by atoms with van der Waals surface area (Å²) in [5, 5.41) is 0. The van der Waals surface area contributed by atoms with Gasteiger partial charge in [-0.25, -0.2) is 9.97 Å². The number of anilines is 1. The minimum absolute atomic E-state index is 0.675. The minimum Gasteiger partial charge on any atom is -0.481 e. The molecule has 1 saturated heterocycles. The Kier molecular flexibility index (Phi) is 4.90. The topological polar surface area (TPSA) is 41.5 Å². The highest BCUT2D eigenvalue weighted by Gasteiger charge is 2.19. The highest BCUT2D eigenvalue weighted by Crippen LogP contribution is 2.24. The van der Waals surface area contributed by atoms with Crippen LogP contribution in [0.4, 0.5) is 5.82 Å². The van der Waals surface area contributed by atoms with Crippen LogP contribution in [0.15, 0.2) is 41.1 Å². The summed E-state index contributed by atoms with van der Waals surface area (Å²) in [4.78, 5) is 13.4. The van der Waals surface area contributed by atoms with Gasteiger partial charge in [0.25, 0.3) is 0 Å². The third kappa shape index (κ3) is 3.56. The van der Waals surface area contributed by atoms with E-state index in [2.05, 4.69) is 35.7 Å². The molecular formula is C16H19BrN4O. The maximum atomic E-state index is 5.18. The van der Waals surface area contributed by atoms with Gasteiger partial charge in [0.15, 0.2) is 0 Å². The summed E-state index contributed by atoms with van der Waals surface area (Å²) in [5.41, 5.74) is 1.24. The molecule has 2 aromatic heterocycles. The van der Waals surface area contributed by atoms with Crippen LogP contribution in [0, 0.1) is 0 Å². The van der Waals surface area contributed by atoms with Crippen LogP contribution in [0.3, 0.4) is 0 Å². The van der Waals surface area contributed by atoms with E-state index in [1.165, 1.54) is 5.56 Å². The van der Waals surface area contributed by atoms with E-state index in [0.29, 0.717) is 5.88 Å². The van der Waals surface area contributed by atoms with Gasteiger partial charge in [0.2, 0.25) is 5.88 Å². The molecule has 1 fully saturated rings. The monoisotopic (exact) mass is 362 g/mol. The number of nitrogens with zero attached hydrogens (tertiary/aromatic N) is 4. The summed E-state index contributed by atoms with van der Waals surface area (Å²) in [6.45, 7) is 4.94. The molecule has 0 aromatic carbocycles. The second kappa shape index (κ2) is 7.07. The van der Waals surface area contributed by atoms with Gasteiger partial charge >= 0.3 is 0 Å². The first-order valence-corrected chi connectivity index (χ1v) is 8.12. The molecule has 0 radical (unpaired) electrons. The Balaban J connectivity index is 1.59. The standard InChI is InChI=1S/C16H19BrN4O/c1-22-15-11-13(4-6-18-15)12-20-7-9-21(10-8-20)16-14(17)3-2-5-19-16/h2-6,11H,7-10,12H2,1H3. The average Bonchev–Trinajstić information content (AvgIpc) is 2.56. The van der Waals surface area contributed by atoms with Crippen LogP contribution in [-0.2, 0) is 6.54 Å². The molecule has 0 amide bonds. The second-order valence-corrected chi connectivity index (χ2v) is 6.13. The van der Waals surface area contributed by atoms with Gasteiger partial charge in [-0.2, -0.15) is 0 Å². The van der Waals surface area contributed by atoms with E-state index in [1.54, 1.807) is 13.3 Å². The van der Waals surface area contributed by atoms with Crippen LogP contribution in [0.2, 0.25) is 0 Å². The van der Waals surface area contributed by atoms with Gasteiger partial charge in [-0.05, 0) is 39.7 Å². The highest BCUT2D eigenvalue weighted by molar-refractivity contribution is 9.10. The summed E-state index contributed by atoms with van der Waals surface area (Å²) >= 11 is 3.58. The van der Waals surface area contributed by atoms with Crippen LogP contribution in [0.1, 0.15) is 5.56 Å². The van der Waals surface area contributed by atoms with Crippen molar-refractivity contribution in [2.45, 2.75) is 6.54 Å². The number of hydrogen-bond donors (Lipinski definition) is 0. The predicted molar refractivity (Wildman–Crippen MR) is 90.2 cm³/mol. The van der Waals surface area contributed by atoms with Crippen LogP contribution in [0.25, 0.3) is 0 Å². The van der Waals surface area contributed by atoms with Gasteiger partial charge < -0.3 is 9.64 Å². The van der Waals surface area contributed by atoms with Crippen molar-refractivity contribution in [3.63, 3.8) is 0 Å². The molecule has 6 heteroatoms. The van der Waals surface area contributed by atoms with Crippen molar-refractivity contribution in [2.24, 2.45) is 0 Å². The Morgan fingerprint density at radius 1 is 1.14 bits per heavy atom. The van der Waals surface area contributed by atoms with Gasteiger partial charge in [-0.15, -0.1) is 0 Å². The third-order valence-electron chi connectivity index (χ3n) is 3.83. The number of piperazine rings is 1. The summed E-state index contributed by atoms with van der Waals surface area (Å²) in [5.74, 6) is 1.71. The Bertz CT molecular complexity index is 629. The fourth-order valence-electron chi connectivity index (χ4n) is 2.65. The molecule has 1 aliphatic rings. The van der Waals surface area contributed by atoms with E-state index in [0.717, 1.165) is 43.0 Å². The van der Waals surface area contributed by atoms with Crippen molar-refractivity contribution in [2.75, 3.05) is 38.2 Å². The van der Waals surface area contributed by atoms with Crippen molar-refractivity contribution in [1.82, 2.24) is 14.9 Å². The van der Waals surface area contributed by atoms with Crippen LogP contribution >= 0.6 is 15.9 Å². The van der Waals surface area contributed by atoms with Gasteiger partial charge in [-0.3, -0.25) is 4.90 Å². The Labute approximate surface area is 139 Å². The first-order chi connectivity index (χ1) is 10.8. The van der Waals surface area contributed by atoms with Gasteiger partial charge in [0.1, 0.15) is 5.82 Å². The van der Waals surface area contributed by atoms with Gasteiger partial charge in [0, 0.05) is 51.2 Å². The van der Waals surface area contributed by atoms with E-state index in [4.69, 9.17) is 4.74 Å². The van der Waals surface area contributed by atoms with E-state index >= 15 is 0 Å². The zero-order valence-corrected chi connectivity index (χ0v) is 14.2. The fraction of sp³-hybridized carbons (Fsp3) is 0.375. The molecule has 116 valence electrons. The molecule has 0 unspecified atom stereocenters. The Hall–Kier alpha value is -1.66. The molecule has 1 aliphatic heterocycles. The molecule has 2 aromatic rings. The lowest BCUT2D eigenvalue weighted by Crippen LogP contribution is -2.46. The molecule has 0 bridgehead atoms. The van der Waals surface area contributed by atoms with Crippen LogP contribution in [-0.4, -0.2) is 48.2 Å². The maximum absolute atomic E-state index is 5.18. The van der Waals surface area contributed by atoms with Crippen molar-refractivity contribution in [3.05, 3.63) is 46.7 Å². The molecule has 3 rings (SSSR count). The summed E-state index contributed by atoms with van der Waals surface area (Å²) in [7, 11) is 1.65. The molecule has 3 heterocycles. The maximum Gasteiger partial charge on any atom is 0.213 e. The largest absolute Gasteiger partial charge is 0.481 e. The van der Waals surface area contributed by atoms with Crippen molar-refractivity contribution >= 4 is 21.7 Å². The average molecular weight is 363 g/mol. The summed E-state index contributed by atoms with van der Waals surface area (Å²) < 4.78 is 6.24. The third-order valence-corrected chi connectivity index (χ3v) is 4.44. The van der Waals surface area contributed by atoms with Crippen molar-refractivity contribution in [1.29, 1.82) is 0 Å². The first-order valence-electron chi connectivity index (χ1n) is 7.33. The van der Waals surface area contributed by atoms with Gasteiger partial charge in [-0.1, -0.05) is 0 Å². The number of ether oxygens (including phenoxy) is 1. The van der Waals surface area contributed by atoms with E-state index in [-0.39, 0.29) is 0 Å². The normalized spacial score (nSPS) is 15.8. The summed E-state index contributed by atoms with van der Waals surface area (Å²) in [6, 6.07) is 8.03. The molecule has 5 nitrogen and oxygen atoms in total. The molecule has 0 aliphatic carbocycles. The predicted octanol–water partition coefficient (Wildman–Crippen LogP) is 2.57. The molecule has 0 spiro atoms. The van der Waals surface area contributed by atoms with Gasteiger partial charge in [0.05, 0.1) is 11.6 Å². The SMILES string of the molecule is COc1cc(CN2CCN(c3ncccc3Br)CC2)ccn1.